The Bertz CT molecular complexity index is 447. The number of rotatable bonds is 6. The van der Waals surface area contributed by atoms with Gasteiger partial charge in [-0.25, -0.2) is 0 Å². The van der Waals surface area contributed by atoms with Crippen molar-refractivity contribution in [2.75, 3.05) is 18.0 Å². The Morgan fingerprint density at radius 1 is 1.42 bits per heavy atom. The molecule has 3 N–H and O–H groups in total. The Hall–Kier alpha value is -1.07. The summed E-state index contributed by atoms with van der Waals surface area (Å²) in [6.07, 6.45) is -0.530. The Morgan fingerprint density at radius 3 is 2.47 bits per heavy atom. The van der Waals surface area contributed by atoms with E-state index in [1.807, 2.05) is 23.1 Å². The smallest absolute Gasteiger partial charge is 0.236 e. The van der Waals surface area contributed by atoms with E-state index in [0.717, 1.165) is 22.3 Å². The van der Waals surface area contributed by atoms with Gasteiger partial charge < -0.3 is 15.7 Å². The normalized spacial score (nSPS) is 12.5. The minimum atomic E-state index is -0.530. The van der Waals surface area contributed by atoms with Gasteiger partial charge in [0.15, 0.2) is 0 Å². The third-order valence-electron chi connectivity index (χ3n) is 2.73. The van der Waals surface area contributed by atoms with Crippen LogP contribution in [0.3, 0.4) is 0 Å². The van der Waals surface area contributed by atoms with Crippen molar-refractivity contribution in [3.8, 4) is 0 Å². The lowest BCUT2D eigenvalue weighted by atomic mass is 10.1. The lowest BCUT2D eigenvalue weighted by molar-refractivity contribution is -0.116. The van der Waals surface area contributed by atoms with Gasteiger partial charge in [-0.2, -0.15) is 0 Å². The van der Waals surface area contributed by atoms with Crippen molar-refractivity contribution in [3.05, 3.63) is 28.2 Å². The van der Waals surface area contributed by atoms with Gasteiger partial charge in [-0.1, -0.05) is 35.8 Å². The lowest BCUT2D eigenvalue weighted by Gasteiger charge is -2.26. The number of amides is 1. The molecule has 1 atom stereocenters. The van der Waals surface area contributed by atoms with E-state index in [-0.39, 0.29) is 12.5 Å². The fourth-order valence-electron chi connectivity index (χ4n) is 1.94. The number of benzene rings is 1. The standard InChI is InChI=1S/C14H21BrN2O2/c1-9(2)7-17(8-14(16)19)11-4-5-12(10(3)18)13(15)6-11/h4-6,9-10,18H,7-8H2,1-3H3,(H2,16,19)/t10-/m0/s1. The minimum Gasteiger partial charge on any atom is -0.389 e. The Kier molecular flexibility index (Phi) is 5.82. The van der Waals surface area contributed by atoms with Crippen molar-refractivity contribution in [1.29, 1.82) is 0 Å². The highest BCUT2D eigenvalue weighted by Crippen LogP contribution is 2.28. The van der Waals surface area contributed by atoms with Crippen LogP contribution in [0.25, 0.3) is 0 Å². The number of anilines is 1. The molecule has 1 aromatic carbocycles. The molecule has 0 bridgehead atoms. The molecule has 1 amide bonds. The molecule has 0 saturated carbocycles. The fraction of sp³-hybridized carbons (Fsp3) is 0.500. The second kappa shape index (κ2) is 6.91. The van der Waals surface area contributed by atoms with Crippen LogP contribution in [-0.2, 0) is 4.79 Å². The first-order valence-corrected chi connectivity index (χ1v) is 7.11. The molecule has 1 aromatic rings. The third-order valence-corrected chi connectivity index (χ3v) is 3.42. The first-order chi connectivity index (χ1) is 8.81. The van der Waals surface area contributed by atoms with Crippen molar-refractivity contribution >= 4 is 27.5 Å². The molecule has 0 heterocycles. The molecule has 106 valence electrons. The minimum absolute atomic E-state index is 0.193. The molecule has 0 aliphatic carbocycles. The molecular formula is C14H21BrN2O2. The van der Waals surface area contributed by atoms with Crippen LogP contribution >= 0.6 is 15.9 Å². The number of aliphatic hydroxyl groups excluding tert-OH is 1. The summed E-state index contributed by atoms with van der Waals surface area (Å²) in [7, 11) is 0. The van der Waals surface area contributed by atoms with Crippen molar-refractivity contribution in [2.45, 2.75) is 26.9 Å². The predicted octanol–water partition coefficient (Wildman–Crippen LogP) is 2.45. The van der Waals surface area contributed by atoms with E-state index >= 15 is 0 Å². The van der Waals surface area contributed by atoms with Crippen molar-refractivity contribution in [2.24, 2.45) is 11.7 Å². The largest absolute Gasteiger partial charge is 0.389 e. The summed E-state index contributed by atoms with van der Waals surface area (Å²) in [4.78, 5) is 13.1. The van der Waals surface area contributed by atoms with E-state index < -0.39 is 6.10 Å². The molecule has 0 aromatic heterocycles. The predicted molar refractivity (Wildman–Crippen MR) is 81.0 cm³/mol. The summed E-state index contributed by atoms with van der Waals surface area (Å²) in [5, 5.41) is 9.61. The molecule has 0 aliphatic rings. The van der Waals surface area contributed by atoms with Crippen LogP contribution < -0.4 is 10.6 Å². The molecular weight excluding hydrogens is 308 g/mol. The fourth-order valence-corrected chi connectivity index (χ4v) is 2.64. The molecule has 0 saturated heterocycles. The van der Waals surface area contributed by atoms with E-state index in [4.69, 9.17) is 5.73 Å². The van der Waals surface area contributed by atoms with Crippen LogP contribution in [0.5, 0.6) is 0 Å². The van der Waals surface area contributed by atoms with Crippen LogP contribution in [0.4, 0.5) is 5.69 Å². The Morgan fingerprint density at radius 2 is 2.05 bits per heavy atom. The van der Waals surface area contributed by atoms with Crippen molar-refractivity contribution < 1.29 is 9.90 Å². The number of nitrogens with two attached hydrogens (primary N) is 1. The van der Waals surface area contributed by atoms with Crippen LogP contribution in [-0.4, -0.2) is 24.1 Å². The maximum Gasteiger partial charge on any atom is 0.236 e. The quantitative estimate of drug-likeness (QED) is 0.842. The molecule has 0 radical (unpaired) electrons. The molecule has 4 nitrogen and oxygen atoms in total. The summed E-state index contributed by atoms with van der Waals surface area (Å²) in [5.74, 6) is 0.0749. The monoisotopic (exact) mass is 328 g/mol. The lowest BCUT2D eigenvalue weighted by Crippen LogP contribution is -2.36. The first-order valence-electron chi connectivity index (χ1n) is 6.32. The number of primary amides is 1. The van der Waals surface area contributed by atoms with E-state index in [2.05, 4.69) is 29.8 Å². The van der Waals surface area contributed by atoms with Crippen LogP contribution in [0.15, 0.2) is 22.7 Å². The maximum atomic E-state index is 11.2. The number of halogens is 1. The average molecular weight is 329 g/mol. The molecule has 1 rings (SSSR count). The number of hydrogen-bond acceptors (Lipinski definition) is 3. The molecule has 19 heavy (non-hydrogen) atoms. The zero-order valence-electron chi connectivity index (χ0n) is 11.6. The topological polar surface area (TPSA) is 66.6 Å². The van der Waals surface area contributed by atoms with Gasteiger partial charge in [0, 0.05) is 16.7 Å². The Labute approximate surface area is 122 Å². The molecule has 5 heteroatoms. The van der Waals surface area contributed by atoms with Crippen molar-refractivity contribution in [1.82, 2.24) is 0 Å². The second-order valence-corrected chi connectivity index (χ2v) is 5.98. The Balaban J connectivity index is 3.02. The number of nitrogens with zero attached hydrogens (tertiary/aromatic N) is 1. The third kappa shape index (κ3) is 4.84. The summed E-state index contributed by atoms with van der Waals surface area (Å²) >= 11 is 3.45. The van der Waals surface area contributed by atoms with E-state index in [1.54, 1.807) is 6.92 Å². The van der Waals surface area contributed by atoms with E-state index in [0.29, 0.717) is 5.92 Å². The summed E-state index contributed by atoms with van der Waals surface area (Å²) < 4.78 is 0.832. The van der Waals surface area contributed by atoms with Gasteiger partial charge in [-0.3, -0.25) is 4.79 Å². The molecule has 0 aliphatic heterocycles. The van der Waals surface area contributed by atoms with Gasteiger partial charge >= 0.3 is 0 Å². The van der Waals surface area contributed by atoms with Gasteiger partial charge in [0.1, 0.15) is 0 Å². The average Bonchev–Trinajstić information content (AvgIpc) is 2.26. The zero-order valence-corrected chi connectivity index (χ0v) is 13.1. The van der Waals surface area contributed by atoms with Gasteiger partial charge in [0.05, 0.1) is 12.6 Å². The first kappa shape index (κ1) is 16.0. The van der Waals surface area contributed by atoms with Crippen LogP contribution in [0.1, 0.15) is 32.4 Å². The van der Waals surface area contributed by atoms with Gasteiger partial charge in [0.2, 0.25) is 5.91 Å². The number of hydrogen-bond donors (Lipinski definition) is 2. The van der Waals surface area contributed by atoms with Crippen LogP contribution in [0.2, 0.25) is 0 Å². The van der Waals surface area contributed by atoms with Crippen LogP contribution in [0, 0.1) is 5.92 Å². The van der Waals surface area contributed by atoms with Gasteiger partial charge in [-0.05, 0) is 30.5 Å². The highest BCUT2D eigenvalue weighted by atomic mass is 79.9. The van der Waals surface area contributed by atoms with Crippen molar-refractivity contribution in [3.63, 3.8) is 0 Å². The van der Waals surface area contributed by atoms with E-state index in [9.17, 15) is 9.90 Å². The highest BCUT2D eigenvalue weighted by molar-refractivity contribution is 9.10. The second-order valence-electron chi connectivity index (χ2n) is 5.12. The van der Waals surface area contributed by atoms with Gasteiger partial charge in [0.25, 0.3) is 0 Å². The maximum absolute atomic E-state index is 11.2. The number of carbonyl (C=O) groups is 1. The molecule has 0 unspecified atom stereocenters. The van der Waals surface area contributed by atoms with Gasteiger partial charge in [-0.15, -0.1) is 0 Å². The summed E-state index contributed by atoms with van der Waals surface area (Å²) in [5.41, 5.74) is 7.04. The zero-order chi connectivity index (χ0) is 14.6. The molecule has 0 spiro atoms. The SMILES string of the molecule is CC(C)CN(CC(N)=O)c1ccc([C@H](C)O)c(Br)c1. The summed E-state index contributed by atoms with van der Waals surface area (Å²) in [6, 6.07) is 5.67. The summed E-state index contributed by atoms with van der Waals surface area (Å²) in [6.45, 7) is 6.84. The highest BCUT2D eigenvalue weighted by Gasteiger charge is 2.14. The number of aliphatic hydroxyl groups is 1. The van der Waals surface area contributed by atoms with E-state index in [1.165, 1.54) is 0 Å². The number of carbonyl (C=O) groups excluding carboxylic acids is 1. The molecule has 0 fully saturated rings.